The van der Waals surface area contributed by atoms with E-state index in [1.165, 1.54) is 19.3 Å². The van der Waals surface area contributed by atoms with E-state index in [2.05, 4.69) is 4.90 Å². The van der Waals surface area contributed by atoms with Crippen LogP contribution in [0.5, 0.6) is 0 Å². The molecule has 1 aliphatic carbocycles. The highest BCUT2D eigenvalue weighted by Crippen LogP contribution is 2.35. The Morgan fingerprint density at radius 3 is 2.53 bits per heavy atom. The van der Waals surface area contributed by atoms with E-state index in [-0.39, 0.29) is 0 Å². The number of amides is 1. The number of benzene rings is 1. The minimum Gasteiger partial charge on any atom is -0.399 e. The Morgan fingerprint density at radius 2 is 1.95 bits per heavy atom. The summed E-state index contributed by atoms with van der Waals surface area (Å²) in [6.45, 7) is 0. The third-order valence-electron chi connectivity index (χ3n) is 3.83. The molecule has 5 heteroatoms. The molecule has 0 atom stereocenters. The molecule has 0 aliphatic heterocycles. The lowest BCUT2D eigenvalue weighted by Crippen LogP contribution is -2.35. The zero-order chi connectivity index (χ0) is 14.0. The van der Waals surface area contributed by atoms with E-state index in [1.807, 2.05) is 7.05 Å². The van der Waals surface area contributed by atoms with Gasteiger partial charge in [0.15, 0.2) is 0 Å². The summed E-state index contributed by atoms with van der Waals surface area (Å²) < 4.78 is 0. The van der Waals surface area contributed by atoms with Crippen LogP contribution in [0.2, 0.25) is 5.02 Å². The molecule has 0 aromatic heterocycles. The number of hydrogen-bond donors (Lipinski definition) is 2. The van der Waals surface area contributed by atoms with E-state index in [4.69, 9.17) is 23.1 Å². The Hall–Kier alpha value is -1.42. The van der Waals surface area contributed by atoms with Gasteiger partial charge in [0.2, 0.25) is 0 Å². The average molecular weight is 282 g/mol. The first-order valence-corrected chi connectivity index (χ1v) is 7.00. The van der Waals surface area contributed by atoms with Gasteiger partial charge in [-0.3, -0.25) is 4.79 Å². The first kappa shape index (κ1) is 14.0. The molecule has 0 spiro atoms. The molecule has 1 aromatic rings. The molecule has 1 amide bonds. The van der Waals surface area contributed by atoms with Crippen LogP contribution in [0.1, 0.15) is 42.5 Å². The number of primary amides is 1. The SMILES string of the molecule is CN(c1c(Cl)cc(N)cc1C(N)=O)C1CCCCC1. The van der Waals surface area contributed by atoms with Gasteiger partial charge in [-0.15, -0.1) is 0 Å². The second-order valence-electron chi connectivity index (χ2n) is 5.17. The highest BCUT2D eigenvalue weighted by molar-refractivity contribution is 6.34. The van der Waals surface area contributed by atoms with Crippen molar-refractivity contribution in [3.63, 3.8) is 0 Å². The Balaban J connectivity index is 2.39. The van der Waals surface area contributed by atoms with Gasteiger partial charge in [0.1, 0.15) is 0 Å². The van der Waals surface area contributed by atoms with Crippen LogP contribution in [-0.2, 0) is 0 Å². The Bertz CT molecular complexity index is 484. The number of carbonyl (C=O) groups is 1. The first-order chi connectivity index (χ1) is 9.00. The van der Waals surface area contributed by atoms with Gasteiger partial charge in [-0.25, -0.2) is 0 Å². The van der Waals surface area contributed by atoms with Crippen molar-refractivity contribution in [2.75, 3.05) is 17.7 Å². The quantitative estimate of drug-likeness (QED) is 0.837. The molecule has 0 heterocycles. The lowest BCUT2D eigenvalue weighted by atomic mass is 9.93. The second kappa shape index (κ2) is 5.70. The maximum atomic E-state index is 11.6. The number of nitrogens with two attached hydrogens (primary N) is 2. The van der Waals surface area contributed by atoms with Crippen molar-refractivity contribution in [1.82, 2.24) is 0 Å². The number of halogens is 1. The fourth-order valence-corrected chi connectivity index (χ4v) is 3.18. The van der Waals surface area contributed by atoms with Crippen LogP contribution in [0.4, 0.5) is 11.4 Å². The number of rotatable bonds is 3. The van der Waals surface area contributed by atoms with Gasteiger partial charge in [0, 0.05) is 18.8 Å². The molecule has 104 valence electrons. The molecule has 0 bridgehead atoms. The topological polar surface area (TPSA) is 72.3 Å². The van der Waals surface area contributed by atoms with Crippen LogP contribution in [0, 0.1) is 0 Å². The number of hydrogen-bond acceptors (Lipinski definition) is 3. The summed E-state index contributed by atoms with van der Waals surface area (Å²) >= 11 is 6.26. The van der Waals surface area contributed by atoms with Crippen molar-refractivity contribution in [2.24, 2.45) is 5.73 Å². The Labute approximate surface area is 118 Å². The van der Waals surface area contributed by atoms with E-state index < -0.39 is 5.91 Å². The van der Waals surface area contributed by atoms with Gasteiger partial charge < -0.3 is 16.4 Å². The van der Waals surface area contributed by atoms with Crippen molar-refractivity contribution in [3.05, 3.63) is 22.7 Å². The van der Waals surface area contributed by atoms with Gasteiger partial charge >= 0.3 is 0 Å². The summed E-state index contributed by atoms with van der Waals surface area (Å²) in [7, 11) is 1.97. The highest BCUT2D eigenvalue weighted by Gasteiger charge is 2.24. The van der Waals surface area contributed by atoms with Crippen molar-refractivity contribution < 1.29 is 4.79 Å². The van der Waals surface area contributed by atoms with E-state index in [0.717, 1.165) is 12.8 Å². The van der Waals surface area contributed by atoms with Crippen molar-refractivity contribution in [1.29, 1.82) is 0 Å². The highest BCUT2D eigenvalue weighted by atomic mass is 35.5. The molecule has 1 fully saturated rings. The van der Waals surface area contributed by atoms with Gasteiger partial charge in [-0.1, -0.05) is 30.9 Å². The molecule has 0 radical (unpaired) electrons. The van der Waals surface area contributed by atoms with Crippen LogP contribution >= 0.6 is 11.6 Å². The molecular weight excluding hydrogens is 262 g/mol. The molecule has 1 aromatic carbocycles. The molecule has 19 heavy (non-hydrogen) atoms. The Morgan fingerprint density at radius 1 is 1.32 bits per heavy atom. The molecule has 1 saturated carbocycles. The molecule has 1 aliphatic rings. The van der Waals surface area contributed by atoms with Crippen LogP contribution in [0.15, 0.2) is 12.1 Å². The van der Waals surface area contributed by atoms with Crippen LogP contribution in [-0.4, -0.2) is 19.0 Å². The summed E-state index contributed by atoms with van der Waals surface area (Å²) in [6, 6.07) is 3.68. The van der Waals surface area contributed by atoms with E-state index >= 15 is 0 Å². The standard InChI is InChI=1S/C14H20ClN3O/c1-18(10-5-3-2-4-6-10)13-11(14(17)19)7-9(16)8-12(13)15/h7-8,10H,2-6,16H2,1H3,(H2,17,19). The van der Waals surface area contributed by atoms with Gasteiger partial charge in [0.05, 0.1) is 16.3 Å². The normalized spacial score (nSPS) is 16.3. The summed E-state index contributed by atoms with van der Waals surface area (Å²) in [5.41, 5.74) is 12.7. The zero-order valence-corrected chi connectivity index (χ0v) is 11.9. The summed E-state index contributed by atoms with van der Waals surface area (Å²) in [5, 5.41) is 0.488. The van der Waals surface area contributed by atoms with Crippen LogP contribution < -0.4 is 16.4 Å². The fraction of sp³-hybridized carbons (Fsp3) is 0.500. The smallest absolute Gasteiger partial charge is 0.250 e. The van der Waals surface area contributed by atoms with E-state index in [1.54, 1.807) is 12.1 Å². The summed E-state index contributed by atoms with van der Waals surface area (Å²) in [5.74, 6) is -0.494. The number of nitrogen functional groups attached to an aromatic ring is 1. The maximum Gasteiger partial charge on any atom is 0.250 e. The molecule has 0 unspecified atom stereocenters. The van der Waals surface area contributed by atoms with Gasteiger partial charge in [-0.2, -0.15) is 0 Å². The number of nitrogens with zero attached hydrogens (tertiary/aromatic N) is 1. The van der Waals surface area contributed by atoms with E-state index in [0.29, 0.717) is 28.0 Å². The molecule has 2 rings (SSSR count). The average Bonchev–Trinajstić information content (AvgIpc) is 2.38. The van der Waals surface area contributed by atoms with E-state index in [9.17, 15) is 4.79 Å². The first-order valence-electron chi connectivity index (χ1n) is 6.62. The van der Waals surface area contributed by atoms with Crippen molar-refractivity contribution in [3.8, 4) is 0 Å². The van der Waals surface area contributed by atoms with Crippen LogP contribution in [0.3, 0.4) is 0 Å². The van der Waals surface area contributed by atoms with Crippen molar-refractivity contribution >= 4 is 28.9 Å². The predicted octanol–water partition coefficient (Wildman–Crippen LogP) is 2.79. The number of carbonyl (C=O) groups excluding carboxylic acids is 1. The number of anilines is 2. The van der Waals surface area contributed by atoms with Gasteiger partial charge in [-0.05, 0) is 25.0 Å². The lowest BCUT2D eigenvalue weighted by Gasteiger charge is -2.34. The van der Waals surface area contributed by atoms with Crippen molar-refractivity contribution in [2.45, 2.75) is 38.1 Å². The largest absolute Gasteiger partial charge is 0.399 e. The minimum absolute atomic E-state index is 0.401. The van der Waals surface area contributed by atoms with Gasteiger partial charge in [0.25, 0.3) is 5.91 Å². The third-order valence-corrected chi connectivity index (χ3v) is 4.11. The molecule has 4 N–H and O–H groups in total. The van der Waals surface area contributed by atoms with Crippen LogP contribution in [0.25, 0.3) is 0 Å². The zero-order valence-electron chi connectivity index (χ0n) is 11.2. The fourth-order valence-electron chi connectivity index (χ4n) is 2.82. The molecular formula is C14H20ClN3O. The lowest BCUT2D eigenvalue weighted by molar-refractivity contribution is 0.100. The third kappa shape index (κ3) is 2.95. The molecule has 4 nitrogen and oxygen atoms in total. The minimum atomic E-state index is -0.494. The second-order valence-corrected chi connectivity index (χ2v) is 5.57. The predicted molar refractivity (Wildman–Crippen MR) is 79.7 cm³/mol. The Kier molecular flexibility index (Phi) is 4.20. The molecule has 0 saturated heterocycles. The monoisotopic (exact) mass is 281 g/mol. The summed E-state index contributed by atoms with van der Waals surface area (Å²) in [6.07, 6.45) is 5.95. The summed E-state index contributed by atoms with van der Waals surface area (Å²) in [4.78, 5) is 13.7. The maximum absolute atomic E-state index is 11.6.